The standard InChI is InChI=1S/C12H13NO4/c1-13(7-11(14)15)12(16)10-6-8-4-2-3-5-9(8)17-10/h2-5,10H,6-7H2,1H3,(H,14,15). The molecule has 0 saturated heterocycles. The molecule has 1 aromatic carbocycles. The largest absolute Gasteiger partial charge is 0.480 e. The number of benzene rings is 1. The third-order valence-corrected chi connectivity index (χ3v) is 2.67. The Morgan fingerprint density at radius 3 is 2.82 bits per heavy atom. The van der Waals surface area contributed by atoms with Crippen LogP contribution in [0, 0.1) is 0 Å². The highest BCUT2D eigenvalue weighted by Gasteiger charge is 2.31. The second kappa shape index (κ2) is 4.45. The van der Waals surface area contributed by atoms with E-state index >= 15 is 0 Å². The molecule has 0 radical (unpaired) electrons. The molecule has 0 aliphatic carbocycles. The van der Waals surface area contributed by atoms with E-state index in [1.165, 1.54) is 11.9 Å². The zero-order chi connectivity index (χ0) is 12.4. The fourth-order valence-corrected chi connectivity index (χ4v) is 1.85. The number of para-hydroxylation sites is 1. The number of likely N-dealkylation sites (N-methyl/N-ethyl adjacent to an activating group) is 1. The van der Waals surface area contributed by atoms with Crippen LogP contribution in [0.1, 0.15) is 5.56 Å². The van der Waals surface area contributed by atoms with E-state index in [4.69, 9.17) is 9.84 Å². The molecular formula is C12H13NO4. The third kappa shape index (κ3) is 2.38. The van der Waals surface area contributed by atoms with E-state index in [1.54, 1.807) is 6.07 Å². The Morgan fingerprint density at radius 1 is 1.47 bits per heavy atom. The maximum Gasteiger partial charge on any atom is 0.323 e. The van der Waals surface area contributed by atoms with Gasteiger partial charge in [-0.05, 0) is 11.6 Å². The van der Waals surface area contributed by atoms with Gasteiger partial charge in [0, 0.05) is 13.5 Å². The van der Waals surface area contributed by atoms with Crippen molar-refractivity contribution < 1.29 is 19.4 Å². The van der Waals surface area contributed by atoms with Crippen molar-refractivity contribution in [3.8, 4) is 5.75 Å². The number of carboxylic acid groups (broad SMARTS) is 1. The molecule has 1 heterocycles. The van der Waals surface area contributed by atoms with Crippen molar-refractivity contribution in [3.63, 3.8) is 0 Å². The van der Waals surface area contributed by atoms with Crippen LogP contribution >= 0.6 is 0 Å². The lowest BCUT2D eigenvalue weighted by Gasteiger charge is -2.18. The molecule has 0 bridgehead atoms. The van der Waals surface area contributed by atoms with Crippen LogP contribution in [0.3, 0.4) is 0 Å². The molecule has 0 aromatic heterocycles. The monoisotopic (exact) mass is 235 g/mol. The SMILES string of the molecule is CN(CC(=O)O)C(=O)C1Cc2ccccc2O1. The van der Waals surface area contributed by atoms with Gasteiger partial charge in [-0.15, -0.1) is 0 Å². The van der Waals surface area contributed by atoms with Crippen LogP contribution < -0.4 is 4.74 Å². The summed E-state index contributed by atoms with van der Waals surface area (Å²) < 4.78 is 5.49. The molecule has 1 aliphatic rings. The van der Waals surface area contributed by atoms with E-state index in [-0.39, 0.29) is 12.5 Å². The lowest BCUT2D eigenvalue weighted by molar-refractivity contribution is -0.146. The molecule has 0 spiro atoms. The van der Waals surface area contributed by atoms with Crippen LogP contribution in [0.15, 0.2) is 24.3 Å². The van der Waals surface area contributed by atoms with E-state index in [0.717, 1.165) is 5.56 Å². The number of aliphatic carboxylic acids is 1. The van der Waals surface area contributed by atoms with E-state index in [2.05, 4.69) is 0 Å². The molecule has 1 atom stereocenters. The number of hydrogen-bond acceptors (Lipinski definition) is 3. The fourth-order valence-electron chi connectivity index (χ4n) is 1.85. The van der Waals surface area contributed by atoms with E-state index in [1.807, 2.05) is 18.2 Å². The maximum absolute atomic E-state index is 11.9. The van der Waals surface area contributed by atoms with Crippen LogP contribution in [0.25, 0.3) is 0 Å². The van der Waals surface area contributed by atoms with Gasteiger partial charge in [0.25, 0.3) is 5.91 Å². The highest BCUT2D eigenvalue weighted by Crippen LogP contribution is 2.28. The first-order valence-corrected chi connectivity index (χ1v) is 5.29. The summed E-state index contributed by atoms with van der Waals surface area (Å²) in [4.78, 5) is 23.6. The minimum Gasteiger partial charge on any atom is -0.480 e. The van der Waals surface area contributed by atoms with Gasteiger partial charge in [0.2, 0.25) is 0 Å². The van der Waals surface area contributed by atoms with Crippen molar-refractivity contribution in [2.45, 2.75) is 12.5 Å². The number of carbonyl (C=O) groups excluding carboxylic acids is 1. The van der Waals surface area contributed by atoms with Crippen molar-refractivity contribution in [1.82, 2.24) is 4.90 Å². The summed E-state index contributed by atoms with van der Waals surface area (Å²) in [6, 6.07) is 7.43. The highest BCUT2D eigenvalue weighted by atomic mass is 16.5. The Labute approximate surface area is 98.6 Å². The number of rotatable bonds is 3. The van der Waals surface area contributed by atoms with E-state index < -0.39 is 12.1 Å². The van der Waals surface area contributed by atoms with Crippen LogP contribution in [0.5, 0.6) is 5.75 Å². The van der Waals surface area contributed by atoms with Crippen molar-refractivity contribution >= 4 is 11.9 Å². The second-order valence-electron chi connectivity index (χ2n) is 4.01. The molecule has 1 amide bonds. The van der Waals surface area contributed by atoms with Crippen LogP contribution in [0.2, 0.25) is 0 Å². The first kappa shape index (κ1) is 11.4. The number of hydrogen-bond donors (Lipinski definition) is 1. The average Bonchev–Trinajstić information content (AvgIpc) is 2.70. The van der Waals surface area contributed by atoms with Crippen LogP contribution in [0.4, 0.5) is 0 Å². The summed E-state index contributed by atoms with van der Waals surface area (Å²) >= 11 is 0. The normalized spacial score (nSPS) is 17.1. The Morgan fingerprint density at radius 2 is 2.18 bits per heavy atom. The quantitative estimate of drug-likeness (QED) is 0.830. The van der Waals surface area contributed by atoms with Crippen molar-refractivity contribution in [2.75, 3.05) is 13.6 Å². The maximum atomic E-state index is 11.9. The Balaban J connectivity index is 2.03. The number of fused-ring (bicyclic) bond motifs is 1. The first-order chi connectivity index (χ1) is 8.08. The van der Waals surface area contributed by atoms with Gasteiger partial charge in [0.05, 0.1) is 0 Å². The third-order valence-electron chi connectivity index (χ3n) is 2.67. The lowest BCUT2D eigenvalue weighted by atomic mass is 10.1. The molecule has 5 nitrogen and oxygen atoms in total. The minimum atomic E-state index is -1.03. The molecule has 1 N–H and O–H groups in total. The molecule has 2 rings (SSSR count). The van der Waals surface area contributed by atoms with Gasteiger partial charge in [-0.3, -0.25) is 9.59 Å². The van der Waals surface area contributed by atoms with E-state index in [9.17, 15) is 9.59 Å². The molecular weight excluding hydrogens is 222 g/mol. The predicted octanol–water partition coefficient (Wildman–Crippen LogP) is 0.533. The van der Waals surface area contributed by atoms with Crippen molar-refractivity contribution in [2.24, 2.45) is 0 Å². The molecule has 1 unspecified atom stereocenters. The van der Waals surface area contributed by atoms with Gasteiger partial charge < -0.3 is 14.7 Å². The highest BCUT2D eigenvalue weighted by molar-refractivity contribution is 5.85. The number of amides is 1. The molecule has 90 valence electrons. The van der Waals surface area contributed by atoms with Crippen molar-refractivity contribution in [3.05, 3.63) is 29.8 Å². The lowest BCUT2D eigenvalue weighted by Crippen LogP contribution is -2.41. The smallest absolute Gasteiger partial charge is 0.323 e. The molecule has 1 aromatic rings. The average molecular weight is 235 g/mol. The summed E-state index contributed by atoms with van der Waals surface area (Å²) in [5, 5.41) is 8.61. The van der Waals surface area contributed by atoms with Gasteiger partial charge in [0.1, 0.15) is 12.3 Å². The zero-order valence-corrected chi connectivity index (χ0v) is 9.42. The van der Waals surface area contributed by atoms with Crippen LogP contribution in [-0.2, 0) is 16.0 Å². The van der Waals surface area contributed by atoms with Gasteiger partial charge in [-0.25, -0.2) is 0 Å². The van der Waals surface area contributed by atoms with Gasteiger partial charge in [0.15, 0.2) is 6.10 Å². The van der Waals surface area contributed by atoms with E-state index in [0.29, 0.717) is 12.2 Å². The summed E-state index contributed by atoms with van der Waals surface area (Å²) in [6.07, 6.45) is -0.101. The zero-order valence-electron chi connectivity index (χ0n) is 9.42. The predicted molar refractivity (Wildman–Crippen MR) is 59.8 cm³/mol. The fraction of sp³-hybridized carbons (Fsp3) is 0.333. The number of carboxylic acids is 1. The van der Waals surface area contributed by atoms with Gasteiger partial charge in [-0.2, -0.15) is 0 Å². The summed E-state index contributed by atoms with van der Waals surface area (Å²) in [7, 11) is 1.46. The molecule has 1 aliphatic heterocycles. The minimum absolute atomic E-state index is 0.302. The molecule has 0 fully saturated rings. The van der Waals surface area contributed by atoms with Gasteiger partial charge in [-0.1, -0.05) is 18.2 Å². The topological polar surface area (TPSA) is 66.8 Å². The molecule has 17 heavy (non-hydrogen) atoms. The van der Waals surface area contributed by atoms with Crippen molar-refractivity contribution in [1.29, 1.82) is 0 Å². The Hall–Kier alpha value is -2.04. The molecule has 0 saturated carbocycles. The first-order valence-electron chi connectivity index (χ1n) is 5.29. The Kier molecular flexibility index (Phi) is 2.99. The summed E-state index contributed by atoms with van der Waals surface area (Å²) in [5.74, 6) is -0.630. The number of nitrogens with zero attached hydrogens (tertiary/aromatic N) is 1. The summed E-state index contributed by atoms with van der Waals surface area (Å²) in [5.41, 5.74) is 0.981. The number of ether oxygens (including phenoxy) is 1. The molecule has 5 heteroatoms. The van der Waals surface area contributed by atoms with Gasteiger partial charge >= 0.3 is 5.97 Å². The summed E-state index contributed by atoms with van der Waals surface area (Å²) in [6.45, 7) is -0.310. The van der Waals surface area contributed by atoms with Crippen LogP contribution in [-0.4, -0.2) is 41.6 Å². The second-order valence-corrected chi connectivity index (χ2v) is 4.01. The number of carbonyl (C=O) groups is 2. The Bertz CT molecular complexity index is 433.